The van der Waals surface area contributed by atoms with Gasteiger partial charge in [-0.1, -0.05) is 11.6 Å². The maximum Gasteiger partial charge on any atom is 0.146 e. The predicted molar refractivity (Wildman–Crippen MR) is 66.9 cm³/mol. The zero-order valence-corrected chi connectivity index (χ0v) is 10.3. The van der Waals surface area contributed by atoms with Crippen molar-refractivity contribution < 1.29 is 4.74 Å². The fourth-order valence-electron chi connectivity index (χ4n) is 1.48. The van der Waals surface area contributed by atoms with Gasteiger partial charge in [-0.25, -0.2) is 4.98 Å². The molecular weight excluding hydrogens is 238 g/mol. The van der Waals surface area contributed by atoms with Crippen molar-refractivity contribution in [1.82, 2.24) is 9.55 Å². The van der Waals surface area contributed by atoms with Crippen LogP contribution < -0.4 is 10.5 Å². The highest BCUT2D eigenvalue weighted by molar-refractivity contribution is 6.30. The Hall–Kier alpha value is -1.52. The van der Waals surface area contributed by atoms with Crippen molar-refractivity contribution in [2.45, 2.75) is 13.2 Å². The third kappa shape index (κ3) is 2.99. The topological polar surface area (TPSA) is 53.1 Å². The molecule has 0 spiro atoms. The Bertz CT molecular complexity index is 493. The first-order valence-electron chi connectivity index (χ1n) is 5.28. The van der Waals surface area contributed by atoms with Crippen molar-refractivity contribution in [3.05, 3.63) is 47.0 Å². The summed E-state index contributed by atoms with van der Waals surface area (Å²) in [6.45, 7) is 0.854. The summed E-state index contributed by atoms with van der Waals surface area (Å²) in [5, 5.41) is 0.694. The predicted octanol–water partition coefficient (Wildman–Crippen LogP) is 2.11. The van der Waals surface area contributed by atoms with E-state index in [1.54, 1.807) is 12.1 Å². The summed E-state index contributed by atoms with van der Waals surface area (Å²) in [6, 6.07) is 7.24. The molecule has 90 valence electrons. The van der Waals surface area contributed by atoms with Crippen molar-refractivity contribution in [1.29, 1.82) is 0 Å². The standard InChI is InChI=1S/C12H14ClN3O/c1-16-7-10(6-14)15-12(16)8-17-11-4-2-9(13)3-5-11/h2-5,7H,6,8,14H2,1H3. The highest BCUT2D eigenvalue weighted by atomic mass is 35.5. The number of nitrogens with zero attached hydrogens (tertiary/aromatic N) is 2. The SMILES string of the molecule is Cn1cc(CN)nc1COc1ccc(Cl)cc1. The molecule has 1 aromatic carbocycles. The van der Waals surface area contributed by atoms with Crippen LogP contribution >= 0.6 is 11.6 Å². The molecule has 0 aliphatic rings. The van der Waals surface area contributed by atoms with Crippen LogP contribution in [0.3, 0.4) is 0 Å². The van der Waals surface area contributed by atoms with Gasteiger partial charge in [0.1, 0.15) is 18.2 Å². The van der Waals surface area contributed by atoms with Gasteiger partial charge in [0.15, 0.2) is 0 Å². The second-order valence-corrected chi connectivity index (χ2v) is 4.14. The monoisotopic (exact) mass is 251 g/mol. The zero-order valence-electron chi connectivity index (χ0n) is 9.56. The van der Waals surface area contributed by atoms with E-state index in [1.165, 1.54) is 0 Å². The second-order valence-electron chi connectivity index (χ2n) is 3.71. The molecule has 0 atom stereocenters. The maximum atomic E-state index is 5.79. The van der Waals surface area contributed by atoms with Gasteiger partial charge in [-0.3, -0.25) is 0 Å². The Kier molecular flexibility index (Phi) is 3.66. The number of benzene rings is 1. The van der Waals surface area contributed by atoms with Gasteiger partial charge >= 0.3 is 0 Å². The minimum atomic E-state index is 0.415. The third-order valence-electron chi connectivity index (χ3n) is 2.41. The van der Waals surface area contributed by atoms with E-state index < -0.39 is 0 Å². The molecule has 2 aromatic rings. The summed E-state index contributed by atoms with van der Waals surface area (Å²) in [4.78, 5) is 4.35. The number of aromatic nitrogens is 2. The molecule has 4 nitrogen and oxygen atoms in total. The van der Waals surface area contributed by atoms with Gasteiger partial charge in [0.2, 0.25) is 0 Å². The molecule has 0 unspecified atom stereocenters. The first-order chi connectivity index (χ1) is 8.19. The number of ether oxygens (including phenoxy) is 1. The average molecular weight is 252 g/mol. The van der Waals surface area contributed by atoms with Crippen LogP contribution in [0.2, 0.25) is 5.02 Å². The van der Waals surface area contributed by atoms with Crippen LogP contribution in [0.15, 0.2) is 30.5 Å². The molecule has 0 saturated carbocycles. The number of rotatable bonds is 4. The Morgan fingerprint density at radius 2 is 2.06 bits per heavy atom. The summed E-state index contributed by atoms with van der Waals surface area (Å²) in [7, 11) is 1.92. The quantitative estimate of drug-likeness (QED) is 0.906. The van der Waals surface area contributed by atoms with Crippen molar-refractivity contribution >= 4 is 11.6 Å². The van der Waals surface area contributed by atoms with Crippen LogP contribution in [0.25, 0.3) is 0 Å². The van der Waals surface area contributed by atoms with Crippen molar-refractivity contribution in [2.75, 3.05) is 0 Å². The fraction of sp³-hybridized carbons (Fsp3) is 0.250. The molecule has 2 N–H and O–H groups in total. The molecule has 0 bridgehead atoms. The molecule has 2 rings (SSSR count). The lowest BCUT2D eigenvalue weighted by Gasteiger charge is -2.05. The first kappa shape index (κ1) is 12.0. The van der Waals surface area contributed by atoms with E-state index in [0.29, 0.717) is 18.2 Å². The van der Waals surface area contributed by atoms with Crippen LogP contribution in [-0.2, 0) is 20.2 Å². The third-order valence-corrected chi connectivity index (χ3v) is 2.67. The smallest absolute Gasteiger partial charge is 0.146 e. The highest BCUT2D eigenvalue weighted by Crippen LogP contribution is 2.16. The Morgan fingerprint density at radius 1 is 1.35 bits per heavy atom. The average Bonchev–Trinajstić information content (AvgIpc) is 2.69. The second kappa shape index (κ2) is 5.21. The van der Waals surface area contributed by atoms with Crippen LogP contribution in [0, 0.1) is 0 Å². The zero-order chi connectivity index (χ0) is 12.3. The van der Waals surface area contributed by atoms with E-state index in [0.717, 1.165) is 17.3 Å². The largest absolute Gasteiger partial charge is 0.486 e. The molecule has 17 heavy (non-hydrogen) atoms. The summed E-state index contributed by atoms with van der Waals surface area (Å²) in [5.74, 6) is 1.62. The molecule has 0 aliphatic carbocycles. The van der Waals surface area contributed by atoms with E-state index in [-0.39, 0.29) is 0 Å². The van der Waals surface area contributed by atoms with E-state index in [9.17, 15) is 0 Å². The Labute approximate surface area is 105 Å². The van der Waals surface area contributed by atoms with Gasteiger partial charge in [-0.2, -0.15) is 0 Å². The molecule has 1 aromatic heterocycles. The van der Waals surface area contributed by atoms with Gasteiger partial charge in [0, 0.05) is 24.8 Å². The number of hydrogen-bond donors (Lipinski definition) is 1. The minimum Gasteiger partial charge on any atom is -0.486 e. The van der Waals surface area contributed by atoms with Crippen LogP contribution in [0.4, 0.5) is 0 Å². The van der Waals surface area contributed by atoms with Gasteiger partial charge in [0.25, 0.3) is 0 Å². The Morgan fingerprint density at radius 3 is 2.65 bits per heavy atom. The first-order valence-corrected chi connectivity index (χ1v) is 5.66. The lowest BCUT2D eigenvalue weighted by atomic mass is 10.3. The van der Waals surface area contributed by atoms with E-state index in [2.05, 4.69) is 4.98 Å². The van der Waals surface area contributed by atoms with Crippen LogP contribution in [0.1, 0.15) is 11.5 Å². The number of imidazole rings is 1. The molecule has 5 heteroatoms. The summed E-state index contributed by atoms with van der Waals surface area (Å²) in [5.41, 5.74) is 6.39. The highest BCUT2D eigenvalue weighted by Gasteiger charge is 2.04. The fourth-order valence-corrected chi connectivity index (χ4v) is 1.61. The molecule has 1 heterocycles. The normalized spacial score (nSPS) is 10.5. The van der Waals surface area contributed by atoms with Crippen molar-refractivity contribution in [2.24, 2.45) is 12.8 Å². The molecule has 0 aliphatic heterocycles. The number of hydrogen-bond acceptors (Lipinski definition) is 3. The summed E-state index contributed by atoms with van der Waals surface area (Å²) in [6.07, 6.45) is 1.90. The van der Waals surface area contributed by atoms with Gasteiger partial charge in [-0.15, -0.1) is 0 Å². The summed E-state index contributed by atoms with van der Waals surface area (Å²) >= 11 is 5.79. The van der Waals surface area contributed by atoms with E-state index in [4.69, 9.17) is 22.1 Å². The molecule has 0 radical (unpaired) electrons. The lowest BCUT2D eigenvalue weighted by molar-refractivity contribution is 0.291. The van der Waals surface area contributed by atoms with Crippen molar-refractivity contribution in [3.8, 4) is 5.75 Å². The van der Waals surface area contributed by atoms with E-state index >= 15 is 0 Å². The number of aryl methyl sites for hydroxylation is 1. The van der Waals surface area contributed by atoms with Crippen LogP contribution in [-0.4, -0.2) is 9.55 Å². The van der Waals surface area contributed by atoms with Crippen molar-refractivity contribution in [3.63, 3.8) is 0 Å². The van der Waals surface area contributed by atoms with Gasteiger partial charge in [-0.05, 0) is 24.3 Å². The van der Waals surface area contributed by atoms with Gasteiger partial charge < -0.3 is 15.0 Å². The van der Waals surface area contributed by atoms with Gasteiger partial charge in [0.05, 0.1) is 5.69 Å². The van der Waals surface area contributed by atoms with E-state index in [1.807, 2.05) is 29.9 Å². The number of nitrogens with two attached hydrogens (primary N) is 1. The Balaban J connectivity index is 2.01. The maximum absolute atomic E-state index is 5.79. The number of halogens is 1. The lowest BCUT2D eigenvalue weighted by Crippen LogP contribution is -2.03. The van der Waals surface area contributed by atoms with Crippen LogP contribution in [0.5, 0.6) is 5.75 Å². The minimum absolute atomic E-state index is 0.415. The molecular formula is C12H14ClN3O. The molecule has 0 saturated heterocycles. The molecule has 0 fully saturated rings. The molecule has 0 amide bonds. The summed E-state index contributed by atoms with van der Waals surface area (Å²) < 4.78 is 7.52.